The average molecular weight is 841 g/mol. The zero-order valence-corrected chi connectivity index (χ0v) is 34.5. The van der Waals surface area contributed by atoms with Crippen molar-refractivity contribution >= 4 is 5.57 Å². The summed E-state index contributed by atoms with van der Waals surface area (Å²) in [6, 6.07) is 51.4. The molecule has 7 nitrogen and oxygen atoms in total. The van der Waals surface area contributed by atoms with E-state index in [-0.39, 0.29) is 40.2 Å². The number of phenols is 7. The zero-order chi connectivity index (χ0) is 44.7. The molecule has 0 saturated carbocycles. The Morgan fingerprint density at radius 1 is 0.422 bits per heavy atom. The van der Waals surface area contributed by atoms with Gasteiger partial charge in [0.25, 0.3) is 0 Å². The molecule has 0 aromatic heterocycles. The van der Waals surface area contributed by atoms with Gasteiger partial charge in [0.05, 0.1) is 0 Å². The summed E-state index contributed by atoms with van der Waals surface area (Å²) in [5, 5.41) is 74.9. The number of rotatable bonds is 12. The lowest BCUT2D eigenvalue weighted by Crippen LogP contribution is -2.07. The van der Waals surface area contributed by atoms with Gasteiger partial charge >= 0.3 is 0 Å². The Hall–Kier alpha value is -8.60. The molecule has 7 N–H and O–H groups in total. The fourth-order valence-corrected chi connectivity index (χ4v) is 8.11. The molecule has 0 bridgehead atoms. The van der Waals surface area contributed by atoms with E-state index in [4.69, 9.17) is 6.42 Å². The van der Waals surface area contributed by atoms with E-state index in [0.717, 1.165) is 55.6 Å². The molecule has 0 aliphatic carbocycles. The van der Waals surface area contributed by atoms with Gasteiger partial charge in [-0.25, -0.2) is 0 Å². The highest BCUT2D eigenvalue weighted by molar-refractivity contribution is 5.76. The first kappa shape index (κ1) is 42.1. The Balaban J connectivity index is 1.28. The molecular formula is C57H44O7. The molecule has 0 spiro atoms. The highest BCUT2D eigenvalue weighted by Gasteiger charge is 2.26. The number of hydrogen-bond donors (Lipinski definition) is 7. The van der Waals surface area contributed by atoms with Crippen LogP contribution < -0.4 is 0 Å². The van der Waals surface area contributed by atoms with Crippen molar-refractivity contribution in [1.29, 1.82) is 0 Å². The van der Waals surface area contributed by atoms with Gasteiger partial charge in [-0.15, -0.1) is 6.42 Å². The largest absolute Gasteiger partial charge is 0.508 e. The lowest BCUT2D eigenvalue weighted by molar-refractivity contribution is 0.458. The van der Waals surface area contributed by atoms with Crippen LogP contribution in [0.15, 0.2) is 194 Å². The number of terminal acetylenes is 1. The minimum atomic E-state index is -0.678. The van der Waals surface area contributed by atoms with E-state index >= 15 is 0 Å². The smallest absolute Gasteiger partial charge is 0.119 e. The monoisotopic (exact) mass is 840 g/mol. The van der Waals surface area contributed by atoms with Crippen LogP contribution in [-0.4, -0.2) is 35.7 Å². The van der Waals surface area contributed by atoms with Crippen LogP contribution in [0.3, 0.4) is 0 Å². The lowest BCUT2D eigenvalue weighted by Gasteiger charge is -2.24. The third-order valence-electron chi connectivity index (χ3n) is 11.5. The van der Waals surface area contributed by atoms with E-state index in [1.807, 2.05) is 84.9 Å². The maximum absolute atomic E-state index is 11.6. The highest BCUT2D eigenvalue weighted by atomic mass is 16.3. The Morgan fingerprint density at radius 3 is 1.20 bits per heavy atom. The van der Waals surface area contributed by atoms with Gasteiger partial charge in [0, 0.05) is 28.5 Å². The van der Waals surface area contributed by atoms with Crippen LogP contribution in [0.2, 0.25) is 0 Å². The van der Waals surface area contributed by atoms with E-state index in [1.165, 1.54) is 0 Å². The van der Waals surface area contributed by atoms with Crippen molar-refractivity contribution in [2.45, 2.75) is 18.3 Å². The molecule has 1 atom stereocenters. The SMILES string of the molecule is C#C/C=C\C(=C/CC(c1ccc(C(c2cc(-c3ccc(O)cc3)ccc2O)c2cc(-c3ccc(O)cc3)ccc2O)cc1)c1cc(-c2ccc(O)cc2)ccc1O)c1ccc(O)cc1. The summed E-state index contributed by atoms with van der Waals surface area (Å²) < 4.78 is 0. The normalized spacial score (nSPS) is 12.0. The summed E-state index contributed by atoms with van der Waals surface area (Å²) >= 11 is 0. The molecule has 64 heavy (non-hydrogen) atoms. The van der Waals surface area contributed by atoms with Crippen molar-refractivity contribution in [1.82, 2.24) is 0 Å². The van der Waals surface area contributed by atoms with E-state index < -0.39 is 11.8 Å². The van der Waals surface area contributed by atoms with Crippen molar-refractivity contribution in [2.75, 3.05) is 0 Å². The summed E-state index contributed by atoms with van der Waals surface area (Å²) in [7, 11) is 0. The van der Waals surface area contributed by atoms with Gasteiger partial charge in [0.15, 0.2) is 0 Å². The Bertz CT molecular complexity index is 2920. The quantitative estimate of drug-likeness (QED) is 0.0369. The highest BCUT2D eigenvalue weighted by Crippen LogP contribution is 2.45. The molecular weight excluding hydrogens is 797 g/mol. The third-order valence-corrected chi connectivity index (χ3v) is 11.5. The minimum Gasteiger partial charge on any atom is -0.508 e. The topological polar surface area (TPSA) is 142 Å². The second-order valence-electron chi connectivity index (χ2n) is 15.6. The fraction of sp³-hybridized carbons (Fsp3) is 0.0526. The van der Waals surface area contributed by atoms with Gasteiger partial charge in [-0.05, 0) is 159 Å². The van der Waals surface area contributed by atoms with Crippen molar-refractivity contribution in [3.8, 4) is 86.0 Å². The standard InChI is InChI=1S/C57H44O7/c1-2-3-4-36(37-9-21-46(58)22-10-37)17-29-50(51-33-43(18-30-54(51)62)38-11-23-47(59)24-12-38)41-5-7-42(8-6-41)57(52-34-44(19-31-55(52)63)39-13-25-48(60)26-14-39)53-35-45(20-32-56(53)64)40-15-27-49(61)28-16-40/h1,3-28,30-35,50,57-64H,29H2/b4-3-,36-17+. The van der Waals surface area contributed by atoms with E-state index in [9.17, 15) is 35.7 Å². The Morgan fingerprint density at radius 2 is 0.781 bits per heavy atom. The lowest BCUT2D eigenvalue weighted by atomic mass is 9.80. The summed E-state index contributed by atoms with van der Waals surface area (Å²) in [6.45, 7) is 0. The number of phenolic OH excluding ortho intramolecular Hbond substituents is 7. The molecule has 8 aromatic carbocycles. The third kappa shape index (κ3) is 9.32. The van der Waals surface area contributed by atoms with Crippen molar-refractivity contribution in [3.63, 3.8) is 0 Å². The second-order valence-corrected chi connectivity index (χ2v) is 15.6. The van der Waals surface area contributed by atoms with Crippen molar-refractivity contribution < 1.29 is 35.7 Å². The summed E-state index contributed by atoms with van der Waals surface area (Å²) in [6.07, 6.45) is 11.6. The minimum absolute atomic E-state index is 0.0202. The predicted molar refractivity (Wildman–Crippen MR) is 254 cm³/mol. The zero-order valence-electron chi connectivity index (χ0n) is 34.5. The van der Waals surface area contributed by atoms with Gasteiger partial charge < -0.3 is 35.7 Å². The second kappa shape index (κ2) is 18.6. The summed E-state index contributed by atoms with van der Waals surface area (Å²) in [5.41, 5.74) is 9.96. The number of aromatic hydroxyl groups is 7. The molecule has 0 amide bonds. The average Bonchev–Trinajstić information content (AvgIpc) is 3.31. The molecule has 0 radical (unpaired) electrons. The van der Waals surface area contributed by atoms with E-state index in [2.05, 4.69) is 5.92 Å². The maximum atomic E-state index is 11.6. The van der Waals surface area contributed by atoms with Crippen molar-refractivity contribution in [2.24, 2.45) is 0 Å². The molecule has 0 saturated heterocycles. The Labute approximate surface area is 371 Å². The van der Waals surface area contributed by atoms with Crippen LogP contribution in [0, 0.1) is 12.3 Å². The van der Waals surface area contributed by atoms with Crippen LogP contribution in [0.4, 0.5) is 0 Å². The van der Waals surface area contributed by atoms with Gasteiger partial charge in [-0.2, -0.15) is 0 Å². The number of allylic oxidation sites excluding steroid dienone is 4. The Kier molecular flexibility index (Phi) is 12.2. The van der Waals surface area contributed by atoms with Gasteiger partial charge in [0.1, 0.15) is 40.2 Å². The molecule has 1 unspecified atom stereocenters. The van der Waals surface area contributed by atoms with Crippen LogP contribution >= 0.6 is 0 Å². The van der Waals surface area contributed by atoms with Gasteiger partial charge in [-0.3, -0.25) is 0 Å². The maximum Gasteiger partial charge on any atom is 0.119 e. The number of hydrogen-bond acceptors (Lipinski definition) is 7. The van der Waals surface area contributed by atoms with Crippen LogP contribution in [0.1, 0.15) is 51.6 Å². The molecule has 0 aliphatic rings. The molecule has 8 aromatic rings. The van der Waals surface area contributed by atoms with Crippen LogP contribution in [0.5, 0.6) is 40.2 Å². The van der Waals surface area contributed by atoms with E-state index in [0.29, 0.717) is 23.1 Å². The first-order chi connectivity index (χ1) is 31.0. The van der Waals surface area contributed by atoms with Gasteiger partial charge in [0.2, 0.25) is 0 Å². The summed E-state index contributed by atoms with van der Waals surface area (Å²) in [4.78, 5) is 0. The molecule has 0 heterocycles. The molecule has 8 rings (SSSR count). The van der Waals surface area contributed by atoms with Crippen LogP contribution in [0.25, 0.3) is 39.0 Å². The number of benzene rings is 8. The first-order valence-corrected chi connectivity index (χ1v) is 20.6. The summed E-state index contributed by atoms with van der Waals surface area (Å²) in [5.74, 6) is 2.17. The molecule has 7 heteroatoms. The molecule has 0 fully saturated rings. The fourth-order valence-electron chi connectivity index (χ4n) is 8.11. The molecule has 314 valence electrons. The van der Waals surface area contributed by atoms with E-state index in [1.54, 1.807) is 109 Å². The predicted octanol–water partition coefficient (Wildman–Crippen LogP) is 12.6. The van der Waals surface area contributed by atoms with Gasteiger partial charge in [-0.1, -0.05) is 103 Å². The van der Waals surface area contributed by atoms with Crippen LogP contribution in [-0.2, 0) is 0 Å². The first-order valence-electron chi connectivity index (χ1n) is 20.6. The molecule has 0 aliphatic heterocycles. The van der Waals surface area contributed by atoms with Crippen molar-refractivity contribution in [3.05, 3.63) is 228 Å².